The van der Waals surface area contributed by atoms with Gasteiger partial charge in [0.2, 0.25) is 0 Å². The fraction of sp³-hybridized carbons (Fsp3) is 0.182. The number of aryl methyl sites for hydroxylation is 1. The van der Waals surface area contributed by atoms with Crippen molar-refractivity contribution in [1.29, 1.82) is 0 Å². The molecular formula is C22H23O4P. The largest absolute Gasteiger partial charge is 0.497 e. The first kappa shape index (κ1) is 19.2. The Balaban J connectivity index is 2.25. The summed E-state index contributed by atoms with van der Waals surface area (Å²) in [6.45, 7) is 2.04. The lowest BCUT2D eigenvalue weighted by Gasteiger charge is -2.21. The second-order valence-corrected chi connectivity index (χ2v) is 8.65. The van der Waals surface area contributed by atoms with Gasteiger partial charge >= 0.3 is 0 Å². The molecule has 0 amide bonds. The molecule has 0 aliphatic rings. The Morgan fingerprint density at radius 2 is 1.44 bits per heavy atom. The molecule has 0 spiro atoms. The summed E-state index contributed by atoms with van der Waals surface area (Å²) in [5, 5.41) is 1.17. The van der Waals surface area contributed by atoms with Gasteiger partial charge in [-0.3, -0.25) is 4.57 Å². The van der Waals surface area contributed by atoms with Crippen LogP contribution in [0.1, 0.15) is 5.56 Å². The zero-order valence-corrected chi connectivity index (χ0v) is 16.8. The normalized spacial score (nSPS) is 13.0. The smallest absolute Gasteiger partial charge is 0.261 e. The summed E-state index contributed by atoms with van der Waals surface area (Å²) in [6.07, 6.45) is 0. The van der Waals surface area contributed by atoms with Crippen molar-refractivity contribution >= 4 is 18.0 Å². The lowest BCUT2D eigenvalue weighted by atomic mass is 10.0. The minimum absolute atomic E-state index is 0.575. The quantitative estimate of drug-likeness (QED) is 0.587. The number of ether oxygens (including phenoxy) is 2. The molecule has 3 aromatic rings. The molecule has 0 saturated heterocycles. The predicted molar refractivity (Wildman–Crippen MR) is 110 cm³/mol. The molecule has 27 heavy (non-hydrogen) atoms. The van der Waals surface area contributed by atoms with Gasteiger partial charge in [-0.15, -0.1) is 0 Å². The Morgan fingerprint density at radius 1 is 0.778 bits per heavy atom. The molecule has 0 fully saturated rings. The molecule has 3 aromatic carbocycles. The standard InChI is InChI=1S/C22H23O4P/c1-16-8-10-17(11-9-16)21-13-12-19(25-3)15-22(21)27(23,26-4)20-7-5-6-18(14-20)24-2/h5-15H,1-4H3/t27-/m1/s1. The molecule has 0 saturated carbocycles. The Labute approximate surface area is 160 Å². The van der Waals surface area contributed by atoms with Crippen molar-refractivity contribution < 1.29 is 18.6 Å². The van der Waals surface area contributed by atoms with Crippen molar-refractivity contribution in [2.75, 3.05) is 21.3 Å². The van der Waals surface area contributed by atoms with Gasteiger partial charge in [0, 0.05) is 12.4 Å². The van der Waals surface area contributed by atoms with E-state index in [-0.39, 0.29) is 0 Å². The van der Waals surface area contributed by atoms with E-state index in [1.807, 2.05) is 55.5 Å². The highest BCUT2D eigenvalue weighted by atomic mass is 31.2. The molecule has 3 rings (SSSR count). The Kier molecular flexibility index (Phi) is 5.69. The van der Waals surface area contributed by atoms with Crippen molar-refractivity contribution in [3.63, 3.8) is 0 Å². The van der Waals surface area contributed by atoms with Gasteiger partial charge in [0.05, 0.1) is 19.5 Å². The van der Waals surface area contributed by atoms with Crippen LogP contribution in [-0.4, -0.2) is 21.3 Å². The topological polar surface area (TPSA) is 44.8 Å². The molecule has 0 heterocycles. The Hall–Kier alpha value is -2.55. The minimum Gasteiger partial charge on any atom is -0.497 e. The van der Waals surface area contributed by atoms with Gasteiger partial charge in [-0.2, -0.15) is 0 Å². The first-order chi connectivity index (χ1) is 13.0. The first-order valence-corrected chi connectivity index (χ1v) is 10.2. The zero-order chi connectivity index (χ0) is 19.4. The van der Waals surface area contributed by atoms with E-state index in [9.17, 15) is 4.57 Å². The molecule has 0 aliphatic carbocycles. The molecule has 0 N–H and O–H groups in total. The monoisotopic (exact) mass is 382 g/mol. The van der Waals surface area contributed by atoms with Gasteiger partial charge in [-0.25, -0.2) is 0 Å². The second-order valence-electron chi connectivity index (χ2n) is 6.18. The van der Waals surface area contributed by atoms with E-state index in [0.29, 0.717) is 22.1 Å². The maximum atomic E-state index is 14.0. The third-order valence-electron chi connectivity index (χ3n) is 4.53. The van der Waals surface area contributed by atoms with E-state index >= 15 is 0 Å². The molecule has 0 bridgehead atoms. The summed E-state index contributed by atoms with van der Waals surface area (Å²) in [6, 6.07) is 20.9. The van der Waals surface area contributed by atoms with Crippen molar-refractivity contribution in [2.24, 2.45) is 0 Å². The molecule has 0 radical (unpaired) electrons. The molecule has 140 valence electrons. The average Bonchev–Trinajstić information content (AvgIpc) is 2.73. The minimum atomic E-state index is -3.36. The van der Waals surface area contributed by atoms with E-state index in [2.05, 4.69) is 0 Å². The van der Waals surface area contributed by atoms with Crippen LogP contribution in [0, 0.1) is 6.92 Å². The van der Waals surface area contributed by atoms with E-state index in [1.165, 1.54) is 7.11 Å². The van der Waals surface area contributed by atoms with E-state index in [4.69, 9.17) is 14.0 Å². The summed E-state index contributed by atoms with van der Waals surface area (Å²) < 4.78 is 30.4. The number of benzene rings is 3. The molecule has 0 aromatic heterocycles. The van der Waals surface area contributed by atoms with Crippen molar-refractivity contribution in [3.05, 3.63) is 72.3 Å². The van der Waals surface area contributed by atoms with E-state index < -0.39 is 7.37 Å². The summed E-state index contributed by atoms with van der Waals surface area (Å²) in [7, 11) is 1.29. The highest BCUT2D eigenvalue weighted by Gasteiger charge is 2.31. The first-order valence-electron chi connectivity index (χ1n) is 8.58. The Bertz CT molecular complexity index is 980. The van der Waals surface area contributed by atoms with Crippen molar-refractivity contribution in [3.8, 4) is 22.6 Å². The zero-order valence-electron chi connectivity index (χ0n) is 15.9. The van der Waals surface area contributed by atoms with Gasteiger partial charge in [0.15, 0.2) is 0 Å². The van der Waals surface area contributed by atoms with Crippen LogP contribution < -0.4 is 20.1 Å². The third-order valence-corrected chi connectivity index (χ3v) is 7.01. The highest BCUT2D eigenvalue weighted by molar-refractivity contribution is 7.74. The molecule has 5 heteroatoms. The summed E-state index contributed by atoms with van der Waals surface area (Å²) in [5.41, 5.74) is 2.98. The maximum Gasteiger partial charge on any atom is 0.261 e. The summed E-state index contributed by atoms with van der Waals surface area (Å²) in [5.74, 6) is 1.26. The number of hydrogen-bond acceptors (Lipinski definition) is 4. The predicted octanol–water partition coefficient (Wildman–Crippen LogP) is 4.55. The van der Waals surface area contributed by atoms with E-state index in [0.717, 1.165) is 16.7 Å². The molecule has 0 aliphatic heterocycles. The van der Waals surface area contributed by atoms with Crippen LogP contribution in [-0.2, 0) is 9.09 Å². The van der Waals surface area contributed by atoms with Crippen LogP contribution in [0.3, 0.4) is 0 Å². The van der Waals surface area contributed by atoms with Crippen LogP contribution >= 0.6 is 7.37 Å². The SMILES string of the molecule is COc1cccc([P@@](=O)(OC)c2cc(OC)ccc2-c2ccc(C)cc2)c1. The van der Waals surface area contributed by atoms with Crippen LogP contribution in [0.15, 0.2) is 66.7 Å². The van der Waals surface area contributed by atoms with Gasteiger partial charge in [-0.05, 0) is 54.4 Å². The van der Waals surface area contributed by atoms with Crippen molar-refractivity contribution in [1.82, 2.24) is 0 Å². The molecule has 4 nitrogen and oxygen atoms in total. The average molecular weight is 382 g/mol. The highest BCUT2D eigenvalue weighted by Crippen LogP contribution is 2.47. The maximum absolute atomic E-state index is 14.0. The van der Waals surface area contributed by atoms with Crippen LogP contribution in [0.2, 0.25) is 0 Å². The van der Waals surface area contributed by atoms with Crippen LogP contribution in [0.5, 0.6) is 11.5 Å². The number of methoxy groups -OCH3 is 2. The van der Waals surface area contributed by atoms with Gasteiger partial charge in [0.25, 0.3) is 7.37 Å². The van der Waals surface area contributed by atoms with Crippen molar-refractivity contribution in [2.45, 2.75) is 6.92 Å². The summed E-state index contributed by atoms with van der Waals surface area (Å²) in [4.78, 5) is 0. The lowest BCUT2D eigenvalue weighted by molar-refractivity contribution is 0.407. The van der Waals surface area contributed by atoms with Gasteiger partial charge < -0.3 is 14.0 Å². The van der Waals surface area contributed by atoms with Crippen LogP contribution in [0.4, 0.5) is 0 Å². The fourth-order valence-electron chi connectivity index (χ4n) is 3.00. The Morgan fingerprint density at radius 3 is 2.07 bits per heavy atom. The van der Waals surface area contributed by atoms with Gasteiger partial charge in [-0.1, -0.05) is 35.9 Å². The van der Waals surface area contributed by atoms with Crippen LogP contribution in [0.25, 0.3) is 11.1 Å². The number of rotatable bonds is 6. The molecule has 0 unspecified atom stereocenters. The molecule has 1 atom stereocenters. The molecular weight excluding hydrogens is 359 g/mol. The fourth-order valence-corrected chi connectivity index (χ4v) is 5.08. The number of hydrogen-bond donors (Lipinski definition) is 0. The second kappa shape index (κ2) is 7.99. The van der Waals surface area contributed by atoms with Gasteiger partial charge in [0.1, 0.15) is 11.5 Å². The lowest BCUT2D eigenvalue weighted by Crippen LogP contribution is -2.19. The summed E-state index contributed by atoms with van der Waals surface area (Å²) >= 11 is 0. The van der Waals surface area contributed by atoms with E-state index in [1.54, 1.807) is 32.4 Å². The third kappa shape index (κ3) is 3.78.